The molecule has 2 aromatic carbocycles. The second kappa shape index (κ2) is 17.0. The van der Waals surface area contributed by atoms with Crippen molar-refractivity contribution in [1.82, 2.24) is 40.4 Å². The van der Waals surface area contributed by atoms with Crippen LogP contribution < -0.4 is 10.6 Å². The number of alkyl carbamates (subject to hydrolysis) is 2. The molecule has 0 spiro atoms. The summed E-state index contributed by atoms with van der Waals surface area (Å²) >= 11 is 3.32. The standard InChI is InChI=1S/C43H44N8O6S2/c1-24(2)36(48-42(54)56-3)40(52)50-18-8-12-31(50)38-44-23-27(45-38)15-16-28-21-34-35(58-28)22-33(59-34)26-14-17-29-30(20-26)47-39(46-29)32-13-9-19-51(32)41(53)37(49-43(55)57-4)25-10-6-5-7-11-25/h5-7,10-11,14,17,20-24,31-32,36-37H,8-9,12-13,18-19H2,1-4H3,(H,44,45)(H,46,47)(H,48,54)(H,49,55)/t31?,32?,36-,37+/m0/s1. The number of aromatic amines is 2. The van der Waals surface area contributed by atoms with Crippen molar-refractivity contribution in [2.75, 3.05) is 27.3 Å². The quantitative estimate of drug-likeness (QED) is 0.109. The number of nitrogens with zero attached hydrogens (tertiary/aromatic N) is 4. The molecule has 304 valence electrons. The Labute approximate surface area is 348 Å². The van der Waals surface area contributed by atoms with Crippen molar-refractivity contribution in [3.8, 4) is 22.3 Å². The Morgan fingerprint density at radius 1 is 0.814 bits per heavy atom. The van der Waals surface area contributed by atoms with E-state index in [-0.39, 0.29) is 29.8 Å². The molecule has 4 N–H and O–H groups in total. The van der Waals surface area contributed by atoms with E-state index in [4.69, 9.17) is 14.5 Å². The molecule has 0 saturated carbocycles. The maximum Gasteiger partial charge on any atom is 0.407 e. The maximum atomic E-state index is 14.0. The SMILES string of the molecule is COC(=O)N[C@H](C(=O)N1CCCC1c1ncc(C#Cc2cc3sc(-c4ccc5nc(C6CCCN6C(=O)[C@H](NC(=O)OC)c6ccccc6)[nH]c5c4)cc3s2)[nH]1)C(C)C. The number of imidazole rings is 2. The number of H-pyrrole nitrogens is 2. The van der Waals surface area contributed by atoms with Crippen molar-refractivity contribution < 1.29 is 28.7 Å². The van der Waals surface area contributed by atoms with Crippen LogP contribution in [0.2, 0.25) is 0 Å². The van der Waals surface area contributed by atoms with Gasteiger partial charge >= 0.3 is 12.2 Å². The van der Waals surface area contributed by atoms with Crippen molar-refractivity contribution in [1.29, 1.82) is 0 Å². The molecule has 2 aliphatic rings. The molecule has 2 aliphatic heterocycles. The Morgan fingerprint density at radius 2 is 1.51 bits per heavy atom. The van der Waals surface area contributed by atoms with E-state index in [1.165, 1.54) is 14.2 Å². The second-order valence-corrected chi connectivity index (χ2v) is 17.1. The molecule has 14 nitrogen and oxygen atoms in total. The number of likely N-dealkylation sites (tertiary alicyclic amines) is 2. The number of hydrogen-bond donors (Lipinski definition) is 4. The van der Waals surface area contributed by atoms with Crippen LogP contribution in [0.25, 0.3) is 30.9 Å². The zero-order valence-electron chi connectivity index (χ0n) is 33.0. The molecule has 4 atom stereocenters. The van der Waals surface area contributed by atoms with Crippen molar-refractivity contribution in [3.63, 3.8) is 0 Å². The molecule has 8 rings (SSSR count). The average Bonchev–Trinajstić information content (AvgIpc) is 4.10. The van der Waals surface area contributed by atoms with Crippen LogP contribution in [-0.4, -0.2) is 87.1 Å². The topological polar surface area (TPSA) is 175 Å². The number of nitrogens with one attached hydrogen (secondary N) is 4. The molecule has 59 heavy (non-hydrogen) atoms. The van der Waals surface area contributed by atoms with Gasteiger partial charge in [-0.3, -0.25) is 9.59 Å². The third-order valence-corrected chi connectivity index (χ3v) is 13.1. The van der Waals surface area contributed by atoms with Gasteiger partial charge in [0.25, 0.3) is 5.91 Å². The number of thiophene rings is 2. The van der Waals surface area contributed by atoms with E-state index in [9.17, 15) is 19.2 Å². The molecule has 4 amide bonds. The molecule has 6 aromatic rings. The monoisotopic (exact) mass is 832 g/mol. The number of amides is 4. The molecule has 4 aromatic heterocycles. The van der Waals surface area contributed by atoms with Gasteiger partial charge in [-0.1, -0.05) is 50.2 Å². The van der Waals surface area contributed by atoms with E-state index in [1.807, 2.05) is 50.2 Å². The first-order chi connectivity index (χ1) is 28.6. The Kier molecular flexibility index (Phi) is 11.4. The third-order valence-electron chi connectivity index (χ3n) is 10.8. The molecule has 16 heteroatoms. The fraction of sp³-hybridized carbons (Fsp3) is 0.349. The second-order valence-electron chi connectivity index (χ2n) is 15.0. The largest absolute Gasteiger partial charge is 0.453 e. The van der Waals surface area contributed by atoms with Gasteiger partial charge in [0.1, 0.15) is 29.4 Å². The lowest BCUT2D eigenvalue weighted by molar-refractivity contribution is -0.135. The first-order valence-electron chi connectivity index (χ1n) is 19.6. The smallest absolute Gasteiger partial charge is 0.407 e. The molecule has 0 bridgehead atoms. The highest BCUT2D eigenvalue weighted by Crippen LogP contribution is 2.40. The number of rotatable bonds is 9. The number of hydrogen-bond acceptors (Lipinski definition) is 10. The lowest BCUT2D eigenvalue weighted by atomic mass is 10.0. The molecule has 6 heterocycles. The fourth-order valence-corrected chi connectivity index (χ4v) is 10.1. The predicted molar refractivity (Wildman–Crippen MR) is 226 cm³/mol. The molecule has 0 radical (unpaired) electrons. The summed E-state index contributed by atoms with van der Waals surface area (Å²) in [5.41, 5.74) is 4.10. The van der Waals surface area contributed by atoms with Crippen LogP contribution in [0.3, 0.4) is 0 Å². The summed E-state index contributed by atoms with van der Waals surface area (Å²) in [6, 6.07) is 17.6. The zero-order chi connectivity index (χ0) is 41.2. The van der Waals surface area contributed by atoms with Crippen LogP contribution in [0, 0.1) is 17.8 Å². The van der Waals surface area contributed by atoms with Gasteiger partial charge < -0.3 is 39.9 Å². The minimum atomic E-state index is -0.882. The lowest BCUT2D eigenvalue weighted by Gasteiger charge is -2.29. The summed E-state index contributed by atoms with van der Waals surface area (Å²) in [6.45, 7) is 4.92. The van der Waals surface area contributed by atoms with Gasteiger partial charge in [0.2, 0.25) is 5.91 Å². The average molecular weight is 833 g/mol. The Bertz CT molecular complexity index is 2550. The summed E-state index contributed by atoms with van der Waals surface area (Å²) in [5, 5.41) is 5.40. The summed E-state index contributed by atoms with van der Waals surface area (Å²) in [5.74, 6) is 7.41. The Hall–Kier alpha value is -6.18. The molecule has 2 fully saturated rings. The van der Waals surface area contributed by atoms with Crippen molar-refractivity contribution in [3.05, 3.63) is 94.6 Å². The minimum absolute atomic E-state index is 0.112. The molecular weight excluding hydrogens is 789 g/mol. The first kappa shape index (κ1) is 39.6. The zero-order valence-corrected chi connectivity index (χ0v) is 34.7. The lowest BCUT2D eigenvalue weighted by Crippen LogP contribution is -2.51. The van der Waals surface area contributed by atoms with Crippen molar-refractivity contribution >= 4 is 67.1 Å². The first-order valence-corrected chi connectivity index (χ1v) is 21.2. The highest BCUT2D eigenvalue weighted by Gasteiger charge is 2.38. The molecular formula is C43H44N8O6S2. The summed E-state index contributed by atoms with van der Waals surface area (Å²) in [4.78, 5) is 73.6. The van der Waals surface area contributed by atoms with Crippen LogP contribution in [0.15, 0.2) is 66.9 Å². The number of fused-ring (bicyclic) bond motifs is 2. The van der Waals surface area contributed by atoms with Crippen LogP contribution >= 0.6 is 22.7 Å². The Balaban J connectivity index is 0.952. The van der Waals surface area contributed by atoms with Crippen LogP contribution in [0.4, 0.5) is 9.59 Å². The molecule has 2 unspecified atom stereocenters. The number of carbonyl (C=O) groups excluding carboxylic acids is 4. The van der Waals surface area contributed by atoms with Crippen LogP contribution in [0.1, 0.15) is 85.4 Å². The third kappa shape index (κ3) is 8.26. The number of aromatic nitrogens is 4. The fourth-order valence-electron chi connectivity index (χ4n) is 7.86. The number of ether oxygens (including phenoxy) is 2. The van der Waals surface area contributed by atoms with Gasteiger partial charge in [0, 0.05) is 27.4 Å². The molecule has 0 aliphatic carbocycles. The van der Waals surface area contributed by atoms with Gasteiger partial charge in [-0.25, -0.2) is 19.6 Å². The van der Waals surface area contributed by atoms with Gasteiger partial charge in [0.15, 0.2) is 0 Å². The van der Waals surface area contributed by atoms with E-state index in [0.717, 1.165) is 67.3 Å². The highest BCUT2D eigenvalue weighted by molar-refractivity contribution is 7.29. The summed E-state index contributed by atoms with van der Waals surface area (Å²) in [7, 11) is 2.57. The predicted octanol–water partition coefficient (Wildman–Crippen LogP) is 7.43. The number of carbonyl (C=O) groups is 4. The van der Waals surface area contributed by atoms with Crippen molar-refractivity contribution in [2.24, 2.45) is 5.92 Å². The number of benzene rings is 2. The van der Waals surface area contributed by atoms with E-state index in [2.05, 4.69) is 61.7 Å². The van der Waals surface area contributed by atoms with E-state index >= 15 is 0 Å². The van der Waals surface area contributed by atoms with E-state index in [1.54, 1.807) is 38.7 Å². The van der Waals surface area contributed by atoms with Gasteiger partial charge in [-0.05, 0) is 78.8 Å². The van der Waals surface area contributed by atoms with Gasteiger partial charge in [-0.15, -0.1) is 22.7 Å². The number of methoxy groups -OCH3 is 2. The highest BCUT2D eigenvalue weighted by atomic mass is 32.1. The maximum absolute atomic E-state index is 14.0. The normalized spacial score (nSPS) is 17.5. The minimum Gasteiger partial charge on any atom is -0.453 e. The van der Waals surface area contributed by atoms with E-state index < -0.39 is 24.3 Å². The molecule has 2 saturated heterocycles. The van der Waals surface area contributed by atoms with Crippen LogP contribution in [-0.2, 0) is 19.1 Å². The van der Waals surface area contributed by atoms with Crippen molar-refractivity contribution in [2.45, 2.75) is 63.7 Å². The summed E-state index contributed by atoms with van der Waals surface area (Å²) in [6.07, 6.45) is 3.57. The van der Waals surface area contributed by atoms with Gasteiger partial charge in [0.05, 0.1) is 48.4 Å². The summed E-state index contributed by atoms with van der Waals surface area (Å²) < 4.78 is 11.9. The Morgan fingerprint density at radius 3 is 2.22 bits per heavy atom. The van der Waals surface area contributed by atoms with Crippen LogP contribution in [0.5, 0.6) is 0 Å². The van der Waals surface area contributed by atoms with E-state index in [0.29, 0.717) is 30.2 Å². The van der Waals surface area contributed by atoms with Gasteiger partial charge in [-0.2, -0.15) is 0 Å².